The molecule has 4 nitrogen and oxygen atoms in total. The molecule has 0 fully saturated rings. The van der Waals surface area contributed by atoms with E-state index in [2.05, 4.69) is 14.9 Å². The van der Waals surface area contributed by atoms with Crippen LogP contribution in [0.2, 0.25) is 0 Å². The summed E-state index contributed by atoms with van der Waals surface area (Å²) in [6.07, 6.45) is 5.68. The van der Waals surface area contributed by atoms with Gasteiger partial charge < -0.3 is 15.0 Å². The minimum Gasteiger partial charge on any atom is -0.396 e. The van der Waals surface area contributed by atoms with Gasteiger partial charge in [0.1, 0.15) is 5.82 Å². The highest BCUT2D eigenvalue weighted by molar-refractivity contribution is 7.99. The molecule has 1 rings (SSSR count). The van der Waals surface area contributed by atoms with Crippen LogP contribution >= 0.6 is 11.8 Å². The van der Waals surface area contributed by atoms with Gasteiger partial charge in [0.2, 0.25) is 0 Å². The lowest BCUT2D eigenvalue weighted by Crippen LogP contribution is -2.21. The summed E-state index contributed by atoms with van der Waals surface area (Å²) in [4.78, 5) is 4.26. The summed E-state index contributed by atoms with van der Waals surface area (Å²) in [6.45, 7) is 2.31. The van der Waals surface area contributed by atoms with Crippen LogP contribution < -0.4 is 5.32 Å². The monoisotopic (exact) mass is 243 g/mol. The normalized spacial score (nSPS) is 10.9. The Morgan fingerprint density at radius 1 is 1.44 bits per heavy atom. The van der Waals surface area contributed by atoms with Gasteiger partial charge in [-0.2, -0.15) is 11.8 Å². The third-order valence-corrected chi connectivity index (χ3v) is 3.39. The van der Waals surface area contributed by atoms with Gasteiger partial charge >= 0.3 is 0 Å². The molecule has 0 amide bonds. The fourth-order valence-electron chi connectivity index (χ4n) is 1.38. The van der Waals surface area contributed by atoms with Crippen LogP contribution in [0.1, 0.15) is 12.2 Å². The maximum atomic E-state index is 8.60. The number of rotatable bonds is 9. The molecule has 0 aromatic carbocycles. The standard InChI is InChI=1S/C11H21N3OS/c1-14-7-5-13-11(14)3-4-12-6-10-16-9-2-8-15/h5,7,12,15H,2-4,6,8-10H2,1H3. The SMILES string of the molecule is Cn1ccnc1CCNCCSCCCO. The highest BCUT2D eigenvalue weighted by Gasteiger charge is 1.97. The molecule has 0 saturated heterocycles. The number of nitrogens with one attached hydrogen (secondary N) is 1. The van der Waals surface area contributed by atoms with E-state index in [0.717, 1.165) is 43.3 Å². The number of imidazole rings is 1. The van der Waals surface area contributed by atoms with Gasteiger partial charge in [-0.25, -0.2) is 4.98 Å². The first kappa shape index (κ1) is 13.5. The summed E-state index contributed by atoms with van der Waals surface area (Å²) >= 11 is 1.89. The maximum absolute atomic E-state index is 8.60. The van der Waals surface area contributed by atoms with Crippen LogP contribution in [-0.4, -0.2) is 45.9 Å². The number of aliphatic hydroxyl groups is 1. The fourth-order valence-corrected chi connectivity index (χ4v) is 2.20. The first-order valence-electron chi connectivity index (χ1n) is 5.70. The van der Waals surface area contributed by atoms with Crippen molar-refractivity contribution in [3.05, 3.63) is 18.2 Å². The van der Waals surface area contributed by atoms with Gasteiger partial charge in [0.25, 0.3) is 0 Å². The molecule has 0 aliphatic rings. The van der Waals surface area contributed by atoms with Crippen molar-refractivity contribution in [1.29, 1.82) is 0 Å². The zero-order chi connectivity index (χ0) is 11.6. The van der Waals surface area contributed by atoms with Gasteiger partial charge in [0, 0.05) is 51.3 Å². The smallest absolute Gasteiger partial charge is 0.109 e. The van der Waals surface area contributed by atoms with Crippen molar-refractivity contribution < 1.29 is 5.11 Å². The van der Waals surface area contributed by atoms with Gasteiger partial charge in [0.05, 0.1) is 0 Å². The third-order valence-electron chi connectivity index (χ3n) is 2.32. The molecule has 0 bridgehead atoms. The molecule has 0 saturated carbocycles. The Kier molecular flexibility index (Phi) is 7.29. The van der Waals surface area contributed by atoms with Crippen LogP contribution in [0.4, 0.5) is 0 Å². The summed E-state index contributed by atoms with van der Waals surface area (Å²) in [5.74, 6) is 3.29. The number of aromatic nitrogens is 2. The molecule has 0 unspecified atom stereocenters. The van der Waals surface area contributed by atoms with Crippen molar-refractivity contribution in [2.45, 2.75) is 12.8 Å². The molecule has 1 aromatic heterocycles. The minimum atomic E-state index is 0.305. The van der Waals surface area contributed by atoms with Crippen LogP contribution in [-0.2, 0) is 13.5 Å². The largest absolute Gasteiger partial charge is 0.396 e. The van der Waals surface area contributed by atoms with Crippen LogP contribution in [0.3, 0.4) is 0 Å². The molecular formula is C11H21N3OS. The summed E-state index contributed by atoms with van der Waals surface area (Å²) in [6, 6.07) is 0. The fraction of sp³-hybridized carbons (Fsp3) is 0.727. The number of nitrogens with zero attached hydrogens (tertiary/aromatic N) is 2. The van der Waals surface area contributed by atoms with E-state index in [1.165, 1.54) is 0 Å². The zero-order valence-corrected chi connectivity index (χ0v) is 10.7. The Morgan fingerprint density at radius 2 is 2.31 bits per heavy atom. The van der Waals surface area contributed by atoms with Gasteiger partial charge in [-0.05, 0) is 12.2 Å². The first-order chi connectivity index (χ1) is 7.84. The predicted octanol–water partition coefficient (Wildman–Crippen LogP) is 0.668. The van der Waals surface area contributed by atoms with Crippen LogP contribution in [0.25, 0.3) is 0 Å². The summed E-state index contributed by atoms with van der Waals surface area (Å²) in [5.41, 5.74) is 0. The Balaban J connectivity index is 1.91. The van der Waals surface area contributed by atoms with E-state index < -0.39 is 0 Å². The molecule has 0 spiro atoms. The molecule has 0 radical (unpaired) electrons. The van der Waals surface area contributed by atoms with Crippen LogP contribution in [0.5, 0.6) is 0 Å². The van der Waals surface area contributed by atoms with E-state index >= 15 is 0 Å². The lowest BCUT2D eigenvalue weighted by molar-refractivity contribution is 0.296. The van der Waals surface area contributed by atoms with Crippen LogP contribution in [0.15, 0.2) is 12.4 Å². The first-order valence-corrected chi connectivity index (χ1v) is 6.85. The van der Waals surface area contributed by atoms with Gasteiger partial charge in [-0.1, -0.05) is 0 Å². The van der Waals surface area contributed by atoms with Crippen molar-refractivity contribution in [2.75, 3.05) is 31.2 Å². The molecule has 0 aliphatic carbocycles. The minimum absolute atomic E-state index is 0.305. The number of hydrogen-bond donors (Lipinski definition) is 2. The van der Waals surface area contributed by atoms with E-state index in [-0.39, 0.29) is 0 Å². The molecule has 0 atom stereocenters. The Hall–Kier alpha value is -0.520. The molecule has 5 heteroatoms. The molecule has 1 heterocycles. The van der Waals surface area contributed by atoms with E-state index in [1.54, 1.807) is 0 Å². The molecular weight excluding hydrogens is 222 g/mol. The highest BCUT2D eigenvalue weighted by atomic mass is 32.2. The summed E-state index contributed by atoms with van der Waals surface area (Å²) in [5, 5.41) is 12.0. The second kappa shape index (κ2) is 8.61. The summed E-state index contributed by atoms with van der Waals surface area (Å²) < 4.78 is 2.05. The number of aryl methyl sites for hydroxylation is 1. The number of aliphatic hydroxyl groups excluding tert-OH is 1. The van der Waals surface area contributed by atoms with Gasteiger partial charge in [-0.3, -0.25) is 0 Å². The quantitative estimate of drug-likeness (QED) is 0.626. The topological polar surface area (TPSA) is 50.1 Å². The van der Waals surface area contributed by atoms with Crippen LogP contribution in [0, 0.1) is 0 Å². The number of hydrogen-bond acceptors (Lipinski definition) is 4. The zero-order valence-electron chi connectivity index (χ0n) is 9.85. The summed E-state index contributed by atoms with van der Waals surface area (Å²) in [7, 11) is 2.02. The van der Waals surface area contributed by atoms with Gasteiger partial charge in [-0.15, -0.1) is 0 Å². The van der Waals surface area contributed by atoms with Crippen molar-refractivity contribution in [3.8, 4) is 0 Å². The maximum Gasteiger partial charge on any atom is 0.109 e. The van der Waals surface area contributed by atoms with Crippen molar-refractivity contribution in [2.24, 2.45) is 7.05 Å². The highest BCUT2D eigenvalue weighted by Crippen LogP contribution is 2.00. The predicted molar refractivity (Wildman–Crippen MR) is 68.8 cm³/mol. The molecule has 0 aliphatic heterocycles. The molecule has 2 N–H and O–H groups in total. The third kappa shape index (κ3) is 5.53. The van der Waals surface area contributed by atoms with E-state index in [0.29, 0.717) is 6.61 Å². The van der Waals surface area contributed by atoms with Crippen molar-refractivity contribution in [3.63, 3.8) is 0 Å². The second-order valence-electron chi connectivity index (χ2n) is 3.64. The average molecular weight is 243 g/mol. The van der Waals surface area contributed by atoms with E-state index in [9.17, 15) is 0 Å². The molecule has 92 valence electrons. The van der Waals surface area contributed by atoms with Crippen molar-refractivity contribution >= 4 is 11.8 Å². The van der Waals surface area contributed by atoms with Crippen molar-refractivity contribution in [1.82, 2.24) is 14.9 Å². The Labute approximate surface area is 101 Å². The van der Waals surface area contributed by atoms with E-state index in [4.69, 9.17) is 5.11 Å². The van der Waals surface area contributed by atoms with E-state index in [1.807, 2.05) is 31.2 Å². The lowest BCUT2D eigenvalue weighted by atomic mass is 10.4. The Bertz CT molecular complexity index is 278. The average Bonchev–Trinajstić information content (AvgIpc) is 2.68. The second-order valence-corrected chi connectivity index (χ2v) is 4.87. The lowest BCUT2D eigenvalue weighted by Gasteiger charge is -2.04. The Morgan fingerprint density at radius 3 is 3.00 bits per heavy atom. The number of thioether (sulfide) groups is 1. The molecule has 16 heavy (non-hydrogen) atoms. The van der Waals surface area contributed by atoms with Gasteiger partial charge in [0.15, 0.2) is 0 Å². The molecule has 1 aromatic rings.